The van der Waals surface area contributed by atoms with Crippen LogP contribution in [0.2, 0.25) is 0 Å². The molecule has 0 atom stereocenters. The molecular formula is C8H12O6. The van der Waals surface area contributed by atoms with Crippen molar-refractivity contribution in [1.29, 1.82) is 0 Å². The van der Waals surface area contributed by atoms with Crippen molar-refractivity contribution < 1.29 is 28.5 Å². The average Bonchev–Trinajstić information content (AvgIpc) is 2.22. The summed E-state index contributed by atoms with van der Waals surface area (Å²) in [5, 5.41) is 0. The zero-order valence-corrected chi connectivity index (χ0v) is 8.02. The van der Waals surface area contributed by atoms with Crippen LogP contribution in [0.5, 0.6) is 0 Å². The van der Waals surface area contributed by atoms with Gasteiger partial charge in [-0.3, -0.25) is 0 Å². The zero-order valence-electron chi connectivity index (χ0n) is 8.02. The smallest absolute Gasteiger partial charge is 0.438 e. The minimum absolute atomic E-state index is 0.0667. The quantitative estimate of drug-likeness (QED) is 0.504. The van der Waals surface area contributed by atoms with Gasteiger partial charge in [-0.25, -0.2) is 9.59 Å². The molecule has 0 radical (unpaired) electrons. The molecule has 0 aromatic heterocycles. The van der Waals surface area contributed by atoms with Crippen molar-refractivity contribution in [2.45, 2.75) is 0 Å². The molecule has 0 amide bonds. The van der Waals surface area contributed by atoms with Gasteiger partial charge in [-0.05, 0) is 12.2 Å². The summed E-state index contributed by atoms with van der Waals surface area (Å²) in [6, 6.07) is 0. The number of ether oxygens (including phenoxy) is 4. The van der Waals surface area contributed by atoms with Gasteiger partial charge >= 0.3 is 12.3 Å². The lowest BCUT2D eigenvalue weighted by Crippen LogP contribution is -2.05. The van der Waals surface area contributed by atoms with E-state index in [1.165, 1.54) is 26.4 Å². The van der Waals surface area contributed by atoms with E-state index in [0.717, 1.165) is 0 Å². The predicted octanol–water partition coefficient (Wildman–Crippen LogP) is 1.11. The van der Waals surface area contributed by atoms with Gasteiger partial charge in [0, 0.05) is 0 Å². The van der Waals surface area contributed by atoms with E-state index in [-0.39, 0.29) is 13.2 Å². The van der Waals surface area contributed by atoms with Crippen LogP contribution in [0.15, 0.2) is 12.2 Å². The molecule has 0 spiro atoms. The normalized spacial score (nSPS) is 9.57. The maximum absolute atomic E-state index is 10.4. The van der Waals surface area contributed by atoms with Crippen LogP contribution in [-0.4, -0.2) is 39.7 Å². The van der Waals surface area contributed by atoms with Gasteiger partial charge in [0.25, 0.3) is 0 Å². The van der Waals surface area contributed by atoms with E-state index in [1.807, 2.05) is 0 Å². The molecule has 0 rings (SSSR count). The predicted molar refractivity (Wildman–Crippen MR) is 45.9 cm³/mol. The fraction of sp³-hybridized carbons (Fsp3) is 0.500. The maximum Gasteiger partial charge on any atom is 0.508 e. The van der Waals surface area contributed by atoms with Crippen LogP contribution in [0.4, 0.5) is 9.59 Å². The third kappa shape index (κ3) is 6.96. The van der Waals surface area contributed by atoms with E-state index < -0.39 is 12.3 Å². The summed E-state index contributed by atoms with van der Waals surface area (Å²) in [6.07, 6.45) is 1.51. The Morgan fingerprint density at radius 1 is 0.929 bits per heavy atom. The first kappa shape index (κ1) is 12.3. The summed E-state index contributed by atoms with van der Waals surface area (Å²) in [5.74, 6) is 0. The number of hydrogen-bond donors (Lipinski definition) is 0. The van der Waals surface area contributed by atoms with Gasteiger partial charge in [-0.15, -0.1) is 0 Å². The minimum atomic E-state index is -0.761. The molecule has 0 aliphatic heterocycles. The molecule has 0 N–H and O–H groups in total. The van der Waals surface area contributed by atoms with Crippen molar-refractivity contribution in [3.63, 3.8) is 0 Å². The number of methoxy groups -OCH3 is 2. The SMILES string of the molecule is COC(=O)OC/C=C/COC(=O)OC. The van der Waals surface area contributed by atoms with Crippen molar-refractivity contribution in [1.82, 2.24) is 0 Å². The average molecular weight is 204 g/mol. The van der Waals surface area contributed by atoms with Crippen molar-refractivity contribution in [3.05, 3.63) is 12.2 Å². The van der Waals surface area contributed by atoms with Crippen LogP contribution in [0, 0.1) is 0 Å². The Balaban J connectivity index is 3.36. The van der Waals surface area contributed by atoms with E-state index >= 15 is 0 Å². The molecular weight excluding hydrogens is 192 g/mol. The third-order valence-electron chi connectivity index (χ3n) is 1.09. The second-order valence-corrected chi connectivity index (χ2v) is 2.00. The highest BCUT2D eigenvalue weighted by atomic mass is 16.7. The molecule has 0 aromatic rings. The van der Waals surface area contributed by atoms with Crippen LogP contribution in [-0.2, 0) is 18.9 Å². The van der Waals surface area contributed by atoms with Crippen molar-refractivity contribution >= 4 is 12.3 Å². The second-order valence-electron chi connectivity index (χ2n) is 2.00. The fourth-order valence-corrected chi connectivity index (χ4v) is 0.486. The molecule has 0 fully saturated rings. The third-order valence-corrected chi connectivity index (χ3v) is 1.09. The molecule has 0 aliphatic carbocycles. The first-order valence-corrected chi connectivity index (χ1v) is 3.77. The molecule has 0 bridgehead atoms. The van der Waals surface area contributed by atoms with Gasteiger partial charge in [0.05, 0.1) is 14.2 Å². The van der Waals surface area contributed by atoms with Gasteiger partial charge in [0.2, 0.25) is 0 Å². The van der Waals surface area contributed by atoms with Gasteiger partial charge < -0.3 is 18.9 Å². The summed E-state index contributed by atoms with van der Waals surface area (Å²) in [4.78, 5) is 20.8. The van der Waals surface area contributed by atoms with Crippen LogP contribution in [0.25, 0.3) is 0 Å². The van der Waals surface area contributed by atoms with E-state index in [9.17, 15) is 9.59 Å². The largest absolute Gasteiger partial charge is 0.508 e. The number of rotatable bonds is 4. The van der Waals surface area contributed by atoms with Gasteiger partial charge in [0.1, 0.15) is 13.2 Å². The van der Waals surface area contributed by atoms with Crippen molar-refractivity contribution in [2.75, 3.05) is 27.4 Å². The van der Waals surface area contributed by atoms with Gasteiger partial charge in [-0.2, -0.15) is 0 Å². The molecule has 0 unspecified atom stereocenters. The topological polar surface area (TPSA) is 71.1 Å². The van der Waals surface area contributed by atoms with Crippen LogP contribution in [0.1, 0.15) is 0 Å². The number of hydrogen-bond acceptors (Lipinski definition) is 6. The maximum atomic E-state index is 10.4. The minimum Gasteiger partial charge on any atom is -0.438 e. The summed E-state index contributed by atoms with van der Waals surface area (Å²) in [7, 11) is 2.43. The summed E-state index contributed by atoms with van der Waals surface area (Å²) < 4.78 is 17.4. The van der Waals surface area contributed by atoms with E-state index in [0.29, 0.717) is 0 Å². The Labute approximate surface area is 81.4 Å². The number of carbonyl (C=O) groups is 2. The standard InChI is InChI=1S/C8H12O6/c1-11-7(9)13-5-3-4-6-14-8(10)12-2/h3-4H,5-6H2,1-2H3/b4-3+. The lowest BCUT2D eigenvalue weighted by Gasteiger charge is -1.99. The monoisotopic (exact) mass is 204 g/mol. The lowest BCUT2D eigenvalue weighted by molar-refractivity contribution is 0.0782. The molecule has 0 aliphatic rings. The molecule has 0 heterocycles. The fourth-order valence-electron chi connectivity index (χ4n) is 0.486. The summed E-state index contributed by atoms with van der Waals surface area (Å²) in [6.45, 7) is 0.133. The summed E-state index contributed by atoms with van der Waals surface area (Å²) in [5.41, 5.74) is 0. The summed E-state index contributed by atoms with van der Waals surface area (Å²) >= 11 is 0. The Morgan fingerprint density at radius 2 is 1.29 bits per heavy atom. The zero-order chi connectivity index (χ0) is 10.8. The van der Waals surface area contributed by atoms with Crippen LogP contribution in [0.3, 0.4) is 0 Å². The molecule has 14 heavy (non-hydrogen) atoms. The first-order valence-electron chi connectivity index (χ1n) is 3.77. The Bertz CT molecular complexity index is 188. The second kappa shape index (κ2) is 7.90. The highest BCUT2D eigenvalue weighted by Crippen LogP contribution is 1.86. The Morgan fingerprint density at radius 3 is 1.57 bits per heavy atom. The van der Waals surface area contributed by atoms with Crippen LogP contribution < -0.4 is 0 Å². The Hall–Kier alpha value is -1.72. The molecule has 80 valence electrons. The molecule has 0 aromatic carbocycles. The van der Waals surface area contributed by atoms with Crippen molar-refractivity contribution in [2.24, 2.45) is 0 Å². The highest BCUT2D eigenvalue weighted by Gasteiger charge is 1.97. The van der Waals surface area contributed by atoms with Crippen LogP contribution >= 0.6 is 0 Å². The van der Waals surface area contributed by atoms with E-state index in [4.69, 9.17) is 0 Å². The highest BCUT2D eigenvalue weighted by molar-refractivity contribution is 5.60. The van der Waals surface area contributed by atoms with Crippen molar-refractivity contribution in [3.8, 4) is 0 Å². The first-order chi connectivity index (χ1) is 6.70. The molecule has 0 saturated heterocycles. The lowest BCUT2D eigenvalue weighted by atomic mass is 10.5. The van der Waals surface area contributed by atoms with Gasteiger partial charge in [0.15, 0.2) is 0 Å². The van der Waals surface area contributed by atoms with Gasteiger partial charge in [-0.1, -0.05) is 0 Å². The Kier molecular flexibility index (Phi) is 6.93. The van der Waals surface area contributed by atoms with E-state index in [2.05, 4.69) is 18.9 Å². The van der Waals surface area contributed by atoms with E-state index in [1.54, 1.807) is 0 Å². The number of carbonyl (C=O) groups excluding carboxylic acids is 2. The molecule has 6 heteroatoms. The molecule has 6 nitrogen and oxygen atoms in total. The molecule has 0 saturated carbocycles.